The molecule has 1 aliphatic carbocycles. The van der Waals surface area contributed by atoms with Crippen LogP contribution in [0.25, 0.3) is 0 Å². The minimum absolute atomic E-state index is 0.0806. The lowest BCUT2D eigenvalue weighted by molar-refractivity contribution is -0.137. The van der Waals surface area contributed by atoms with E-state index in [1.165, 1.54) is 11.3 Å². The third-order valence-electron chi connectivity index (χ3n) is 3.80. The molecule has 6 nitrogen and oxygen atoms in total. The van der Waals surface area contributed by atoms with Crippen molar-refractivity contribution in [2.75, 3.05) is 12.4 Å². The van der Waals surface area contributed by atoms with Gasteiger partial charge in [-0.2, -0.15) is 0 Å². The summed E-state index contributed by atoms with van der Waals surface area (Å²) in [6, 6.07) is 0. The zero-order chi connectivity index (χ0) is 15.3. The van der Waals surface area contributed by atoms with Gasteiger partial charge in [0.05, 0.1) is 17.7 Å². The summed E-state index contributed by atoms with van der Waals surface area (Å²) < 4.78 is 5.43. The molecule has 0 aromatic carbocycles. The van der Waals surface area contributed by atoms with Gasteiger partial charge in [0.25, 0.3) is 0 Å². The molecule has 0 unspecified atom stereocenters. The minimum atomic E-state index is -0.802. The highest BCUT2D eigenvalue weighted by Gasteiger charge is 2.39. The lowest BCUT2D eigenvalue weighted by Crippen LogP contribution is -2.42. The number of carbonyl (C=O) groups excluding carboxylic acids is 1. The molecule has 21 heavy (non-hydrogen) atoms. The molecule has 7 heteroatoms. The van der Waals surface area contributed by atoms with Gasteiger partial charge in [0, 0.05) is 18.9 Å². The van der Waals surface area contributed by atoms with Gasteiger partial charge >= 0.3 is 5.97 Å². The van der Waals surface area contributed by atoms with Crippen LogP contribution in [-0.2, 0) is 20.7 Å². The Hall–Kier alpha value is -1.47. The van der Waals surface area contributed by atoms with E-state index in [1.54, 1.807) is 7.11 Å². The van der Waals surface area contributed by atoms with Crippen LogP contribution in [0.4, 0.5) is 5.13 Å². The summed E-state index contributed by atoms with van der Waals surface area (Å²) in [5.41, 5.74) is 0.535. The van der Waals surface area contributed by atoms with Gasteiger partial charge in [-0.3, -0.25) is 9.59 Å². The molecule has 1 aromatic heterocycles. The van der Waals surface area contributed by atoms with Gasteiger partial charge in [-0.1, -0.05) is 0 Å². The van der Waals surface area contributed by atoms with Crippen molar-refractivity contribution in [2.45, 2.75) is 50.5 Å². The minimum Gasteiger partial charge on any atom is -0.481 e. The first-order chi connectivity index (χ1) is 10.0. The number of thiazole rings is 1. The van der Waals surface area contributed by atoms with Crippen molar-refractivity contribution < 1.29 is 19.4 Å². The number of carboxylic acids is 1. The van der Waals surface area contributed by atoms with E-state index >= 15 is 0 Å². The van der Waals surface area contributed by atoms with E-state index in [-0.39, 0.29) is 17.9 Å². The molecule has 1 heterocycles. The second-order valence-electron chi connectivity index (χ2n) is 5.36. The molecule has 1 amide bonds. The Balaban J connectivity index is 1.79. The number of amides is 1. The van der Waals surface area contributed by atoms with E-state index < -0.39 is 5.97 Å². The molecular weight excluding hydrogens is 292 g/mol. The molecule has 0 aliphatic heterocycles. The largest absolute Gasteiger partial charge is 0.481 e. The van der Waals surface area contributed by atoms with Crippen LogP contribution in [0, 0.1) is 0 Å². The fraction of sp³-hybridized carbons (Fsp3) is 0.643. The van der Waals surface area contributed by atoms with E-state index in [0.29, 0.717) is 24.4 Å². The van der Waals surface area contributed by atoms with Gasteiger partial charge in [0.15, 0.2) is 5.13 Å². The summed E-state index contributed by atoms with van der Waals surface area (Å²) in [4.78, 5) is 26.7. The van der Waals surface area contributed by atoms with Crippen molar-refractivity contribution in [1.29, 1.82) is 0 Å². The van der Waals surface area contributed by atoms with Crippen molar-refractivity contribution in [3.63, 3.8) is 0 Å². The van der Waals surface area contributed by atoms with Gasteiger partial charge in [-0.05, 0) is 32.1 Å². The molecule has 1 aromatic rings. The SMILES string of the molecule is COC1(CC(=O)Nc2nc(CCCC(=O)O)cs2)CCC1. The first-order valence-corrected chi connectivity index (χ1v) is 7.92. The van der Waals surface area contributed by atoms with Gasteiger partial charge in [0.2, 0.25) is 5.91 Å². The van der Waals surface area contributed by atoms with Crippen molar-refractivity contribution in [2.24, 2.45) is 0 Å². The summed E-state index contributed by atoms with van der Waals surface area (Å²) in [5, 5.41) is 13.8. The molecule has 0 bridgehead atoms. The lowest BCUT2D eigenvalue weighted by atomic mass is 9.77. The van der Waals surface area contributed by atoms with Crippen LogP contribution in [0.3, 0.4) is 0 Å². The Kier molecular flexibility index (Phi) is 5.30. The molecule has 0 saturated heterocycles. The van der Waals surface area contributed by atoms with Crippen LogP contribution in [0.1, 0.15) is 44.2 Å². The van der Waals surface area contributed by atoms with Crippen molar-refractivity contribution >= 4 is 28.3 Å². The maximum absolute atomic E-state index is 12.0. The molecular formula is C14H20N2O4S. The number of aromatic nitrogens is 1. The summed E-state index contributed by atoms with van der Waals surface area (Å²) in [6.45, 7) is 0. The first-order valence-electron chi connectivity index (χ1n) is 7.04. The molecule has 0 spiro atoms. The highest BCUT2D eigenvalue weighted by atomic mass is 32.1. The first kappa shape index (κ1) is 15.9. The Bertz CT molecular complexity index is 505. The van der Waals surface area contributed by atoms with Crippen LogP contribution < -0.4 is 5.32 Å². The second kappa shape index (κ2) is 7.00. The predicted octanol–water partition coefficient (Wildman–Crippen LogP) is 2.45. The Morgan fingerprint density at radius 2 is 2.29 bits per heavy atom. The molecule has 2 rings (SSSR count). The number of rotatable bonds is 8. The number of anilines is 1. The van der Waals surface area contributed by atoms with E-state index in [4.69, 9.17) is 9.84 Å². The van der Waals surface area contributed by atoms with Gasteiger partial charge in [-0.15, -0.1) is 11.3 Å². The standard InChI is InChI=1S/C14H20N2O4S/c1-20-14(6-3-7-14)8-11(17)16-13-15-10(9-21-13)4-2-5-12(18)19/h9H,2-8H2,1H3,(H,18,19)(H,15,16,17). The topological polar surface area (TPSA) is 88.5 Å². The number of nitrogens with one attached hydrogen (secondary N) is 1. The summed E-state index contributed by atoms with van der Waals surface area (Å²) in [5.74, 6) is -0.882. The quantitative estimate of drug-likeness (QED) is 0.769. The fourth-order valence-corrected chi connectivity index (χ4v) is 3.14. The van der Waals surface area contributed by atoms with Gasteiger partial charge < -0.3 is 15.2 Å². The van der Waals surface area contributed by atoms with Gasteiger partial charge in [-0.25, -0.2) is 4.98 Å². The zero-order valence-corrected chi connectivity index (χ0v) is 12.9. The maximum Gasteiger partial charge on any atom is 0.303 e. The number of aryl methyl sites for hydroxylation is 1. The average molecular weight is 312 g/mol. The second-order valence-corrected chi connectivity index (χ2v) is 6.22. The van der Waals surface area contributed by atoms with E-state index in [9.17, 15) is 9.59 Å². The number of ether oxygens (including phenoxy) is 1. The molecule has 0 radical (unpaired) electrons. The third-order valence-corrected chi connectivity index (χ3v) is 4.61. The number of methoxy groups -OCH3 is 1. The molecule has 1 saturated carbocycles. The Labute approximate surface area is 127 Å². The summed E-state index contributed by atoms with van der Waals surface area (Å²) >= 11 is 1.36. The monoisotopic (exact) mass is 312 g/mol. The lowest BCUT2D eigenvalue weighted by Gasteiger charge is -2.39. The molecule has 0 atom stereocenters. The van der Waals surface area contributed by atoms with Crippen molar-refractivity contribution in [3.8, 4) is 0 Å². The van der Waals surface area contributed by atoms with Crippen LogP contribution in [-0.4, -0.2) is 34.7 Å². The molecule has 2 N–H and O–H groups in total. The van der Waals surface area contributed by atoms with Crippen molar-refractivity contribution in [1.82, 2.24) is 4.98 Å². The van der Waals surface area contributed by atoms with Crippen LogP contribution >= 0.6 is 11.3 Å². The number of carboxylic acid groups (broad SMARTS) is 1. The normalized spacial score (nSPS) is 16.2. The van der Waals surface area contributed by atoms with Gasteiger partial charge in [0.1, 0.15) is 0 Å². The highest BCUT2D eigenvalue weighted by molar-refractivity contribution is 7.13. The number of hydrogen-bond donors (Lipinski definition) is 2. The Morgan fingerprint density at radius 3 is 2.86 bits per heavy atom. The van der Waals surface area contributed by atoms with Crippen molar-refractivity contribution in [3.05, 3.63) is 11.1 Å². The van der Waals surface area contributed by atoms with Crippen LogP contribution in [0.5, 0.6) is 0 Å². The van der Waals surface area contributed by atoms with Crippen LogP contribution in [0.2, 0.25) is 0 Å². The third kappa shape index (κ3) is 4.50. The predicted molar refractivity (Wildman–Crippen MR) is 79.5 cm³/mol. The fourth-order valence-electron chi connectivity index (χ4n) is 2.38. The Morgan fingerprint density at radius 1 is 1.52 bits per heavy atom. The summed E-state index contributed by atoms with van der Waals surface area (Å²) in [7, 11) is 1.65. The van der Waals surface area contributed by atoms with E-state index in [1.807, 2.05) is 5.38 Å². The molecule has 1 fully saturated rings. The zero-order valence-electron chi connectivity index (χ0n) is 12.1. The van der Waals surface area contributed by atoms with E-state index in [2.05, 4.69) is 10.3 Å². The number of nitrogens with zero attached hydrogens (tertiary/aromatic N) is 1. The number of carbonyl (C=O) groups is 2. The average Bonchev–Trinajstić information content (AvgIpc) is 2.81. The molecule has 1 aliphatic rings. The number of hydrogen-bond acceptors (Lipinski definition) is 5. The smallest absolute Gasteiger partial charge is 0.303 e. The summed E-state index contributed by atoms with van der Waals surface area (Å²) in [6.07, 6.45) is 4.61. The number of aliphatic carboxylic acids is 1. The molecule has 116 valence electrons. The van der Waals surface area contributed by atoms with Crippen LogP contribution in [0.15, 0.2) is 5.38 Å². The maximum atomic E-state index is 12.0. The van der Waals surface area contributed by atoms with E-state index in [0.717, 1.165) is 25.0 Å². The highest BCUT2D eigenvalue weighted by Crippen LogP contribution is 2.38.